The lowest BCUT2D eigenvalue weighted by atomic mass is 10.2. The Morgan fingerprint density at radius 3 is 1.63 bits per heavy atom. The van der Waals surface area contributed by atoms with Gasteiger partial charge in [-0.25, -0.2) is 18.4 Å². The summed E-state index contributed by atoms with van der Waals surface area (Å²) in [6.07, 6.45) is 0. The molecule has 3 rings (SSSR count). The lowest BCUT2D eigenvalue weighted by Gasteiger charge is -2.10. The maximum atomic E-state index is 12.1. The van der Waals surface area contributed by atoms with Crippen LogP contribution in [0.2, 0.25) is 0 Å². The van der Waals surface area contributed by atoms with E-state index >= 15 is 0 Å². The van der Waals surface area contributed by atoms with Crippen LogP contribution in [-0.2, 0) is 10.0 Å². The lowest BCUT2D eigenvalue weighted by molar-refractivity contribution is 0.262. The summed E-state index contributed by atoms with van der Waals surface area (Å²) < 4.78 is 22.4. The minimum atomic E-state index is -3.76. The molecule has 0 aliphatic heterocycles. The van der Waals surface area contributed by atoms with Gasteiger partial charge >= 0.3 is 6.03 Å². The molecule has 0 saturated carbocycles. The molecule has 5 N–H and O–H groups in total. The van der Waals surface area contributed by atoms with Gasteiger partial charge in [0.05, 0.1) is 4.90 Å². The number of rotatable bonds is 5. The highest BCUT2D eigenvalue weighted by molar-refractivity contribution is 7.89. The SMILES string of the molecule is NS(=O)(=O)c1ccc(NC(=O)Nc2ccc(Nc3ccccc3)cc2)cc1. The summed E-state index contributed by atoms with van der Waals surface area (Å²) in [5.74, 6) is 0. The number of carbonyl (C=O) groups is 1. The predicted octanol–water partition coefficient (Wildman–Crippen LogP) is 3.72. The Morgan fingerprint density at radius 1 is 0.667 bits per heavy atom. The fraction of sp³-hybridized carbons (Fsp3) is 0. The van der Waals surface area contributed by atoms with E-state index < -0.39 is 16.1 Å². The van der Waals surface area contributed by atoms with Crippen molar-refractivity contribution in [2.45, 2.75) is 4.90 Å². The maximum Gasteiger partial charge on any atom is 0.323 e. The monoisotopic (exact) mass is 382 g/mol. The number of carbonyl (C=O) groups excluding carboxylic acids is 1. The zero-order chi connectivity index (χ0) is 19.3. The van der Waals surface area contributed by atoms with Crippen LogP contribution < -0.4 is 21.1 Å². The number of nitrogens with one attached hydrogen (secondary N) is 3. The van der Waals surface area contributed by atoms with Gasteiger partial charge in [-0.3, -0.25) is 0 Å². The summed E-state index contributed by atoms with van der Waals surface area (Å²) in [7, 11) is -3.76. The van der Waals surface area contributed by atoms with Gasteiger partial charge in [0, 0.05) is 22.7 Å². The fourth-order valence-corrected chi connectivity index (χ4v) is 2.86. The third-order valence-corrected chi connectivity index (χ3v) is 4.58. The van der Waals surface area contributed by atoms with E-state index in [4.69, 9.17) is 5.14 Å². The average molecular weight is 382 g/mol. The fourth-order valence-electron chi connectivity index (χ4n) is 2.35. The minimum absolute atomic E-state index is 0.0186. The maximum absolute atomic E-state index is 12.1. The number of anilines is 4. The summed E-state index contributed by atoms with van der Waals surface area (Å²) >= 11 is 0. The molecular weight excluding hydrogens is 364 g/mol. The Balaban J connectivity index is 1.57. The second kappa shape index (κ2) is 7.90. The molecule has 8 heteroatoms. The zero-order valence-electron chi connectivity index (χ0n) is 14.2. The van der Waals surface area contributed by atoms with Crippen LogP contribution in [0.25, 0.3) is 0 Å². The number of benzene rings is 3. The minimum Gasteiger partial charge on any atom is -0.356 e. The standard InChI is InChI=1S/C19H18N4O3S/c20-27(25,26)18-12-10-17(11-13-18)23-19(24)22-16-8-6-15(7-9-16)21-14-4-2-1-3-5-14/h1-13,21H,(H2,20,25,26)(H2,22,23,24). The molecule has 0 saturated heterocycles. The molecule has 2 amide bonds. The number of urea groups is 1. The third kappa shape index (κ3) is 5.30. The van der Waals surface area contributed by atoms with Gasteiger partial charge in [-0.05, 0) is 60.7 Å². The second-order valence-electron chi connectivity index (χ2n) is 5.72. The molecule has 0 radical (unpaired) electrons. The molecule has 0 unspecified atom stereocenters. The molecule has 0 aliphatic carbocycles. The van der Waals surface area contributed by atoms with E-state index in [0.29, 0.717) is 11.4 Å². The molecule has 0 aliphatic rings. The molecule has 0 spiro atoms. The summed E-state index contributed by atoms with van der Waals surface area (Å²) in [5.41, 5.74) is 2.93. The summed E-state index contributed by atoms with van der Waals surface area (Å²) in [4.78, 5) is 12.0. The Bertz CT molecular complexity index is 1020. The molecule has 0 atom stereocenters. The highest BCUT2D eigenvalue weighted by Gasteiger charge is 2.08. The van der Waals surface area contributed by atoms with Crippen LogP contribution in [0.1, 0.15) is 0 Å². The van der Waals surface area contributed by atoms with E-state index in [0.717, 1.165) is 11.4 Å². The van der Waals surface area contributed by atoms with Crippen LogP contribution in [0.5, 0.6) is 0 Å². The lowest BCUT2D eigenvalue weighted by Crippen LogP contribution is -2.19. The Hall–Kier alpha value is -3.36. The molecule has 138 valence electrons. The van der Waals surface area contributed by atoms with Crippen molar-refractivity contribution in [2.75, 3.05) is 16.0 Å². The number of primary sulfonamides is 1. The van der Waals surface area contributed by atoms with Crippen molar-refractivity contribution in [3.05, 3.63) is 78.9 Å². The van der Waals surface area contributed by atoms with E-state index in [1.165, 1.54) is 24.3 Å². The van der Waals surface area contributed by atoms with Gasteiger partial charge in [0.2, 0.25) is 10.0 Å². The topological polar surface area (TPSA) is 113 Å². The van der Waals surface area contributed by atoms with Gasteiger partial charge in [-0.1, -0.05) is 18.2 Å². The molecule has 0 fully saturated rings. The third-order valence-electron chi connectivity index (χ3n) is 3.65. The van der Waals surface area contributed by atoms with E-state index in [1.807, 2.05) is 42.5 Å². The van der Waals surface area contributed by atoms with Crippen LogP contribution in [0.15, 0.2) is 83.8 Å². The van der Waals surface area contributed by atoms with Crippen molar-refractivity contribution in [1.82, 2.24) is 0 Å². The van der Waals surface area contributed by atoms with Crippen molar-refractivity contribution in [1.29, 1.82) is 0 Å². The molecular formula is C19H18N4O3S. The first-order chi connectivity index (χ1) is 12.9. The van der Waals surface area contributed by atoms with E-state index in [-0.39, 0.29) is 4.90 Å². The van der Waals surface area contributed by atoms with Crippen LogP contribution in [0.3, 0.4) is 0 Å². The quantitative estimate of drug-likeness (QED) is 0.538. The van der Waals surface area contributed by atoms with E-state index in [9.17, 15) is 13.2 Å². The zero-order valence-corrected chi connectivity index (χ0v) is 15.0. The Labute approximate surface area is 157 Å². The van der Waals surface area contributed by atoms with Gasteiger partial charge in [0.25, 0.3) is 0 Å². The van der Waals surface area contributed by atoms with Crippen LogP contribution in [-0.4, -0.2) is 14.4 Å². The van der Waals surface area contributed by atoms with Crippen molar-refractivity contribution >= 4 is 38.8 Å². The van der Waals surface area contributed by atoms with Crippen molar-refractivity contribution in [3.8, 4) is 0 Å². The highest BCUT2D eigenvalue weighted by atomic mass is 32.2. The van der Waals surface area contributed by atoms with Crippen molar-refractivity contribution < 1.29 is 13.2 Å². The number of hydrogen-bond acceptors (Lipinski definition) is 4. The van der Waals surface area contributed by atoms with Crippen molar-refractivity contribution in [3.63, 3.8) is 0 Å². The van der Waals surface area contributed by atoms with Crippen LogP contribution in [0, 0.1) is 0 Å². The smallest absolute Gasteiger partial charge is 0.323 e. The van der Waals surface area contributed by atoms with Crippen LogP contribution in [0.4, 0.5) is 27.5 Å². The van der Waals surface area contributed by atoms with Gasteiger partial charge in [-0.15, -0.1) is 0 Å². The van der Waals surface area contributed by atoms with Gasteiger partial charge in [0.15, 0.2) is 0 Å². The van der Waals surface area contributed by atoms with E-state index in [2.05, 4.69) is 16.0 Å². The van der Waals surface area contributed by atoms with Crippen molar-refractivity contribution in [2.24, 2.45) is 5.14 Å². The number of para-hydroxylation sites is 1. The number of hydrogen-bond donors (Lipinski definition) is 4. The first-order valence-electron chi connectivity index (χ1n) is 8.03. The molecule has 27 heavy (non-hydrogen) atoms. The van der Waals surface area contributed by atoms with Gasteiger partial charge in [-0.2, -0.15) is 0 Å². The normalized spacial score (nSPS) is 10.9. The summed E-state index contributed by atoms with van der Waals surface area (Å²) in [6.45, 7) is 0. The number of sulfonamides is 1. The molecule has 3 aromatic rings. The highest BCUT2D eigenvalue weighted by Crippen LogP contribution is 2.19. The number of nitrogens with two attached hydrogens (primary N) is 1. The van der Waals surface area contributed by atoms with Gasteiger partial charge in [0.1, 0.15) is 0 Å². The Morgan fingerprint density at radius 2 is 1.11 bits per heavy atom. The van der Waals surface area contributed by atoms with Gasteiger partial charge < -0.3 is 16.0 Å². The molecule has 3 aromatic carbocycles. The first-order valence-corrected chi connectivity index (χ1v) is 9.58. The largest absolute Gasteiger partial charge is 0.356 e. The molecule has 7 nitrogen and oxygen atoms in total. The summed E-state index contributed by atoms with van der Waals surface area (Å²) in [5, 5.41) is 13.6. The Kier molecular flexibility index (Phi) is 5.39. The summed E-state index contributed by atoms with van der Waals surface area (Å²) in [6, 6.07) is 22.1. The molecule has 0 heterocycles. The second-order valence-corrected chi connectivity index (χ2v) is 7.28. The first kappa shape index (κ1) is 18.4. The molecule has 0 aromatic heterocycles. The van der Waals surface area contributed by atoms with Crippen LogP contribution >= 0.6 is 0 Å². The van der Waals surface area contributed by atoms with E-state index in [1.54, 1.807) is 12.1 Å². The predicted molar refractivity (Wildman–Crippen MR) is 107 cm³/mol. The molecule has 0 bridgehead atoms. The average Bonchev–Trinajstić information content (AvgIpc) is 2.64. The number of amides is 2.